The van der Waals surface area contributed by atoms with Crippen molar-refractivity contribution in [2.75, 3.05) is 5.75 Å². The van der Waals surface area contributed by atoms with Crippen LogP contribution in [-0.2, 0) is 26.6 Å². The molecule has 0 bridgehead atoms. The molecule has 5 heteroatoms. The fourth-order valence-electron chi connectivity index (χ4n) is 0.258. The first-order chi connectivity index (χ1) is 3.06. The summed E-state index contributed by atoms with van der Waals surface area (Å²) in [5.41, 5.74) is 0. The summed E-state index contributed by atoms with van der Waals surface area (Å²) in [6, 6.07) is 0. The van der Waals surface area contributed by atoms with Crippen LogP contribution in [0.15, 0.2) is 0 Å². The fraction of sp³-hybridized carbons (Fsp3) is 1.00. The number of rotatable bonds is 2. The van der Waals surface area contributed by atoms with Crippen LogP contribution in [-0.4, -0.2) is 18.7 Å². The van der Waals surface area contributed by atoms with Gasteiger partial charge in [-0.2, -0.15) is 8.42 Å². The number of hydrogen-bond donors (Lipinski definition) is 1. The average Bonchev–Trinajstić information content (AvgIpc) is 1.30. The summed E-state index contributed by atoms with van der Waals surface area (Å²) >= 11 is 0. The van der Waals surface area contributed by atoms with Crippen molar-refractivity contribution < 1.29 is 29.5 Å². The van der Waals surface area contributed by atoms with Gasteiger partial charge in [-0.05, 0) is 6.42 Å². The van der Waals surface area contributed by atoms with Gasteiger partial charge in [0, 0.05) is 16.5 Å². The normalized spacial score (nSPS) is 10.2. The molecule has 0 fully saturated rings. The van der Waals surface area contributed by atoms with Gasteiger partial charge in [0.25, 0.3) is 10.1 Å². The largest absolute Gasteiger partial charge is 0.286 e. The first-order valence-corrected chi connectivity index (χ1v) is 3.62. The predicted octanol–water partition coefficient (Wildman–Crippen LogP) is 0.282. The summed E-state index contributed by atoms with van der Waals surface area (Å²) in [7, 11) is -3.67. The van der Waals surface area contributed by atoms with E-state index in [2.05, 4.69) is 0 Å². The summed E-state index contributed by atoms with van der Waals surface area (Å²) in [6.45, 7) is 1.69. The van der Waals surface area contributed by atoms with Crippen LogP contribution in [0.3, 0.4) is 0 Å². The summed E-state index contributed by atoms with van der Waals surface area (Å²) in [5, 5.41) is 0. The van der Waals surface area contributed by atoms with Crippen molar-refractivity contribution >= 4 is 10.1 Å². The second-order valence-electron chi connectivity index (χ2n) is 1.29. The van der Waals surface area contributed by atoms with E-state index in [9.17, 15) is 8.42 Å². The van der Waals surface area contributed by atoms with Gasteiger partial charge in [0.15, 0.2) is 0 Å². The van der Waals surface area contributed by atoms with Gasteiger partial charge in [-0.15, -0.1) is 0 Å². The molecule has 0 spiro atoms. The summed E-state index contributed by atoms with van der Waals surface area (Å²) in [4.78, 5) is 0. The Kier molecular flexibility index (Phi) is 6.04. The molecule has 1 N–H and O–H groups in total. The fourth-order valence-corrected chi connectivity index (χ4v) is 0.774. The maximum absolute atomic E-state index is 9.79. The summed E-state index contributed by atoms with van der Waals surface area (Å²) < 4.78 is 27.6. The Morgan fingerprint density at radius 3 is 1.88 bits per heavy atom. The first kappa shape index (κ1) is 11.2. The van der Waals surface area contributed by atoms with Crippen LogP contribution < -0.4 is 0 Å². The van der Waals surface area contributed by atoms with E-state index in [-0.39, 0.29) is 22.2 Å². The van der Waals surface area contributed by atoms with Crippen molar-refractivity contribution in [1.29, 1.82) is 0 Å². The smallest absolute Gasteiger partial charge is 0.264 e. The number of hydrogen-bond acceptors (Lipinski definition) is 2. The molecule has 0 radical (unpaired) electrons. The quantitative estimate of drug-likeness (QED) is 0.494. The predicted molar refractivity (Wildman–Crippen MR) is 26.7 cm³/mol. The molecule has 0 unspecified atom stereocenters. The molecule has 0 amide bonds. The molecule has 0 saturated carbocycles. The van der Waals surface area contributed by atoms with Gasteiger partial charge in [0.1, 0.15) is 0 Å². The topological polar surface area (TPSA) is 54.4 Å². The molecular formula is C3H8NiO3S. The van der Waals surface area contributed by atoms with Crippen molar-refractivity contribution in [3.05, 3.63) is 0 Å². The minimum Gasteiger partial charge on any atom is -0.286 e. The summed E-state index contributed by atoms with van der Waals surface area (Å²) in [5.74, 6) is -0.132. The Balaban J connectivity index is 0. The van der Waals surface area contributed by atoms with Gasteiger partial charge in [-0.3, -0.25) is 4.55 Å². The molecule has 54 valence electrons. The molecule has 0 saturated heterocycles. The molecule has 0 rings (SSSR count). The maximum atomic E-state index is 9.79. The minimum absolute atomic E-state index is 0. The van der Waals surface area contributed by atoms with E-state index in [0.29, 0.717) is 6.42 Å². The maximum Gasteiger partial charge on any atom is 0.264 e. The van der Waals surface area contributed by atoms with Crippen molar-refractivity contribution in [2.45, 2.75) is 13.3 Å². The zero-order chi connectivity index (χ0) is 5.91. The standard InChI is InChI=1S/C3H8O3S.Ni/c1-2-3-7(4,5)6;/h2-3H2,1H3,(H,4,5,6);. The first-order valence-electron chi connectivity index (χ1n) is 2.01. The van der Waals surface area contributed by atoms with Gasteiger partial charge in [-0.1, -0.05) is 6.92 Å². The van der Waals surface area contributed by atoms with E-state index < -0.39 is 10.1 Å². The van der Waals surface area contributed by atoms with Crippen LogP contribution in [0.2, 0.25) is 0 Å². The average molecular weight is 183 g/mol. The van der Waals surface area contributed by atoms with Gasteiger partial charge >= 0.3 is 0 Å². The van der Waals surface area contributed by atoms with E-state index >= 15 is 0 Å². The van der Waals surface area contributed by atoms with Gasteiger partial charge in [-0.25, -0.2) is 0 Å². The van der Waals surface area contributed by atoms with Crippen molar-refractivity contribution in [3.8, 4) is 0 Å². The molecule has 0 aliphatic rings. The molecule has 3 nitrogen and oxygen atoms in total. The van der Waals surface area contributed by atoms with Crippen LogP contribution in [0, 0.1) is 0 Å². The van der Waals surface area contributed by atoms with Crippen molar-refractivity contribution in [3.63, 3.8) is 0 Å². The van der Waals surface area contributed by atoms with Gasteiger partial charge in [0.05, 0.1) is 5.75 Å². The summed E-state index contributed by atoms with van der Waals surface area (Å²) in [6.07, 6.45) is 0.471. The van der Waals surface area contributed by atoms with Crippen LogP contribution >= 0.6 is 0 Å². The Morgan fingerprint density at radius 1 is 1.50 bits per heavy atom. The third-order valence-corrected chi connectivity index (χ3v) is 1.39. The second-order valence-corrected chi connectivity index (χ2v) is 2.86. The second kappa shape index (κ2) is 4.30. The van der Waals surface area contributed by atoms with E-state index in [0.717, 1.165) is 0 Å². The third-order valence-electron chi connectivity index (χ3n) is 0.462. The van der Waals surface area contributed by atoms with E-state index in [1.807, 2.05) is 0 Å². The molecule has 0 aromatic rings. The molecule has 8 heavy (non-hydrogen) atoms. The van der Waals surface area contributed by atoms with E-state index in [1.54, 1.807) is 6.92 Å². The zero-order valence-electron chi connectivity index (χ0n) is 4.40. The molecular weight excluding hydrogens is 175 g/mol. The van der Waals surface area contributed by atoms with Crippen LogP contribution in [0.25, 0.3) is 0 Å². The van der Waals surface area contributed by atoms with Gasteiger partial charge < -0.3 is 0 Å². The van der Waals surface area contributed by atoms with Crippen LogP contribution in [0.5, 0.6) is 0 Å². The Hall–Kier alpha value is 0.404. The zero-order valence-corrected chi connectivity index (χ0v) is 6.21. The Bertz CT molecular complexity index is 127. The van der Waals surface area contributed by atoms with Crippen molar-refractivity contribution in [1.82, 2.24) is 0 Å². The van der Waals surface area contributed by atoms with Gasteiger partial charge in [0.2, 0.25) is 0 Å². The van der Waals surface area contributed by atoms with Crippen LogP contribution in [0.4, 0.5) is 0 Å². The molecule has 0 aliphatic carbocycles. The molecule has 0 atom stereocenters. The van der Waals surface area contributed by atoms with Crippen LogP contribution in [0.1, 0.15) is 13.3 Å². The van der Waals surface area contributed by atoms with E-state index in [1.165, 1.54) is 0 Å². The van der Waals surface area contributed by atoms with Crippen molar-refractivity contribution in [2.24, 2.45) is 0 Å². The Morgan fingerprint density at radius 2 is 1.88 bits per heavy atom. The monoisotopic (exact) mass is 182 g/mol. The third kappa shape index (κ3) is 9.64. The molecule has 0 heterocycles. The molecule has 0 aliphatic heterocycles. The molecule has 0 aromatic carbocycles. The minimum atomic E-state index is -3.67. The molecule has 0 aromatic heterocycles. The SMILES string of the molecule is CCCS(=O)(=O)O.[Ni]. The Labute approximate surface area is 59.1 Å². The van der Waals surface area contributed by atoms with E-state index in [4.69, 9.17) is 4.55 Å².